The minimum Gasteiger partial charge on any atom is -0.326 e. The quantitative estimate of drug-likeness (QED) is 0.573. The Balaban J connectivity index is 3.75. The number of rotatable bonds is 2. The second-order valence-electron chi connectivity index (χ2n) is 3.98. The molecule has 0 spiro atoms. The van der Waals surface area contributed by atoms with Crippen LogP contribution in [0.15, 0.2) is 0 Å². The van der Waals surface area contributed by atoms with Crippen molar-refractivity contribution in [2.75, 3.05) is 0 Å². The van der Waals surface area contributed by atoms with Crippen molar-refractivity contribution < 1.29 is 0 Å². The van der Waals surface area contributed by atoms with Crippen LogP contribution in [0.2, 0.25) is 0 Å². The average Bonchev–Trinajstić information content (AvgIpc) is 1.14. The van der Waals surface area contributed by atoms with Gasteiger partial charge in [0.1, 0.15) is 0 Å². The molecule has 9 heavy (non-hydrogen) atoms. The van der Waals surface area contributed by atoms with Crippen molar-refractivity contribution in [3.8, 4) is 0 Å². The van der Waals surface area contributed by atoms with Gasteiger partial charge in [-0.05, 0) is 20.3 Å². The summed E-state index contributed by atoms with van der Waals surface area (Å²) in [6.45, 7) is 8.19. The highest BCUT2D eigenvalue weighted by Crippen LogP contribution is 2.23. The molecule has 1 nitrogen and oxygen atoms in total. The number of hydrogen-bond donors (Lipinski definition) is 2. The van der Waals surface area contributed by atoms with Gasteiger partial charge >= 0.3 is 0 Å². The topological polar surface area (TPSA) is 26.0 Å². The fourth-order valence-corrected chi connectivity index (χ4v) is 1.52. The van der Waals surface area contributed by atoms with E-state index in [-0.39, 0.29) is 10.3 Å². The van der Waals surface area contributed by atoms with Gasteiger partial charge in [0.05, 0.1) is 0 Å². The van der Waals surface area contributed by atoms with Gasteiger partial charge in [-0.1, -0.05) is 13.8 Å². The second kappa shape index (κ2) is 2.51. The van der Waals surface area contributed by atoms with Gasteiger partial charge in [0.15, 0.2) is 0 Å². The van der Waals surface area contributed by atoms with Gasteiger partial charge in [-0.3, -0.25) is 0 Å². The summed E-state index contributed by atoms with van der Waals surface area (Å²) in [6, 6.07) is 0. The molecular formula is C7H17NS. The van der Waals surface area contributed by atoms with Gasteiger partial charge in [-0.25, -0.2) is 0 Å². The van der Waals surface area contributed by atoms with Crippen LogP contribution >= 0.6 is 12.6 Å². The van der Waals surface area contributed by atoms with Crippen LogP contribution in [0.25, 0.3) is 0 Å². The number of thiol groups is 1. The molecule has 0 saturated carbocycles. The predicted octanol–water partition coefficient (Wildman–Crippen LogP) is 1.82. The third kappa shape index (κ3) is 8.31. The van der Waals surface area contributed by atoms with Crippen LogP contribution in [0.1, 0.15) is 34.1 Å². The lowest BCUT2D eigenvalue weighted by atomic mass is 9.93. The number of nitrogens with two attached hydrogens (primary N) is 1. The van der Waals surface area contributed by atoms with E-state index in [1.807, 2.05) is 13.8 Å². The van der Waals surface area contributed by atoms with Crippen molar-refractivity contribution >= 4 is 12.6 Å². The maximum Gasteiger partial charge on any atom is 0.0110 e. The van der Waals surface area contributed by atoms with Crippen LogP contribution in [0.5, 0.6) is 0 Å². The molecule has 0 aromatic carbocycles. The largest absolute Gasteiger partial charge is 0.326 e. The summed E-state index contributed by atoms with van der Waals surface area (Å²) >= 11 is 4.37. The zero-order valence-corrected chi connectivity index (χ0v) is 7.63. The fraction of sp³-hybridized carbons (Fsp3) is 1.00. The Labute approximate surface area is 63.4 Å². The third-order valence-corrected chi connectivity index (χ3v) is 1.05. The van der Waals surface area contributed by atoms with Gasteiger partial charge in [0.25, 0.3) is 0 Å². The Morgan fingerprint density at radius 1 is 1.22 bits per heavy atom. The van der Waals surface area contributed by atoms with Gasteiger partial charge in [0.2, 0.25) is 0 Å². The van der Waals surface area contributed by atoms with Gasteiger partial charge < -0.3 is 5.73 Å². The Hall–Kier alpha value is 0.310. The summed E-state index contributed by atoms with van der Waals surface area (Å²) in [5, 5.41) is 0. The van der Waals surface area contributed by atoms with Crippen LogP contribution in [-0.4, -0.2) is 10.3 Å². The van der Waals surface area contributed by atoms with Gasteiger partial charge in [0, 0.05) is 10.3 Å². The van der Waals surface area contributed by atoms with Crippen LogP contribution in [0.3, 0.4) is 0 Å². The molecule has 0 radical (unpaired) electrons. The molecule has 0 amide bonds. The molecule has 0 aromatic heterocycles. The highest BCUT2D eigenvalue weighted by molar-refractivity contribution is 7.81. The number of hydrogen-bond acceptors (Lipinski definition) is 2. The van der Waals surface area contributed by atoms with E-state index in [9.17, 15) is 0 Å². The minimum absolute atomic E-state index is 0.0538. The first-order valence-corrected chi connectivity index (χ1v) is 3.67. The Morgan fingerprint density at radius 3 is 1.56 bits per heavy atom. The molecule has 0 unspecified atom stereocenters. The molecule has 0 aliphatic carbocycles. The molecule has 0 aromatic rings. The molecule has 0 heterocycles. The monoisotopic (exact) mass is 147 g/mol. The summed E-state index contributed by atoms with van der Waals surface area (Å²) in [4.78, 5) is 0. The molecular weight excluding hydrogens is 130 g/mol. The van der Waals surface area contributed by atoms with Crippen molar-refractivity contribution in [2.45, 2.75) is 44.4 Å². The lowest BCUT2D eigenvalue weighted by Gasteiger charge is -2.27. The minimum atomic E-state index is -0.0920. The first-order chi connectivity index (χ1) is 3.71. The lowest BCUT2D eigenvalue weighted by Crippen LogP contribution is -2.37. The SMILES string of the molecule is CC(C)(N)CC(C)(C)S. The van der Waals surface area contributed by atoms with Crippen molar-refractivity contribution in [1.82, 2.24) is 0 Å². The van der Waals surface area contributed by atoms with E-state index < -0.39 is 0 Å². The molecule has 0 bridgehead atoms. The fourth-order valence-electron chi connectivity index (χ4n) is 1.11. The maximum absolute atomic E-state index is 5.77. The van der Waals surface area contributed by atoms with E-state index in [4.69, 9.17) is 5.73 Å². The summed E-state index contributed by atoms with van der Waals surface area (Å²) in [5.74, 6) is 0. The lowest BCUT2D eigenvalue weighted by molar-refractivity contribution is 0.426. The van der Waals surface area contributed by atoms with Crippen molar-refractivity contribution in [3.63, 3.8) is 0 Å². The van der Waals surface area contributed by atoms with Crippen molar-refractivity contribution in [3.05, 3.63) is 0 Å². The molecule has 0 aliphatic heterocycles. The van der Waals surface area contributed by atoms with E-state index in [0.717, 1.165) is 6.42 Å². The zero-order chi connectivity index (χ0) is 7.71. The molecule has 0 atom stereocenters. The molecule has 0 aliphatic rings. The van der Waals surface area contributed by atoms with Gasteiger partial charge in [-0.2, -0.15) is 12.6 Å². The van der Waals surface area contributed by atoms with E-state index in [1.54, 1.807) is 0 Å². The summed E-state index contributed by atoms with van der Waals surface area (Å²) in [7, 11) is 0. The zero-order valence-electron chi connectivity index (χ0n) is 6.73. The summed E-state index contributed by atoms with van der Waals surface area (Å²) in [6.07, 6.45) is 0.934. The molecule has 0 saturated heterocycles. The van der Waals surface area contributed by atoms with E-state index >= 15 is 0 Å². The van der Waals surface area contributed by atoms with Crippen molar-refractivity contribution in [2.24, 2.45) is 5.73 Å². The predicted molar refractivity (Wildman–Crippen MR) is 45.9 cm³/mol. The van der Waals surface area contributed by atoms with Crippen LogP contribution in [0, 0.1) is 0 Å². The van der Waals surface area contributed by atoms with E-state index in [1.165, 1.54) is 0 Å². The second-order valence-corrected chi connectivity index (χ2v) is 5.19. The smallest absolute Gasteiger partial charge is 0.0110 e. The summed E-state index contributed by atoms with van der Waals surface area (Å²) in [5.41, 5.74) is 5.68. The Kier molecular flexibility index (Phi) is 2.59. The van der Waals surface area contributed by atoms with Crippen LogP contribution in [-0.2, 0) is 0 Å². The standard InChI is InChI=1S/C7H17NS/c1-6(2,8)5-7(3,4)9/h9H,5,8H2,1-4H3. The normalized spacial score (nSPS) is 14.0. The van der Waals surface area contributed by atoms with Gasteiger partial charge in [-0.15, -0.1) is 0 Å². The highest BCUT2D eigenvalue weighted by Gasteiger charge is 2.21. The molecule has 56 valence electrons. The van der Waals surface area contributed by atoms with Crippen LogP contribution < -0.4 is 5.73 Å². The highest BCUT2D eigenvalue weighted by atomic mass is 32.1. The average molecular weight is 147 g/mol. The third-order valence-electron chi connectivity index (χ3n) is 0.888. The molecule has 2 heteroatoms. The first kappa shape index (κ1) is 9.31. The molecule has 0 fully saturated rings. The first-order valence-electron chi connectivity index (χ1n) is 3.22. The van der Waals surface area contributed by atoms with Crippen molar-refractivity contribution in [1.29, 1.82) is 0 Å². The Bertz CT molecular complexity index is 74.1. The van der Waals surface area contributed by atoms with E-state index in [2.05, 4.69) is 26.5 Å². The van der Waals surface area contributed by atoms with Crippen LogP contribution in [0.4, 0.5) is 0 Å². The van der Waals surface area contributed by atoms with E-state index in [0.29, 0.717) is 0 Å². The summed E-state index contributed by atoms with van der Waals surface area (Å²) < 4.78 is 0.0538. The molecule has 2 N–H and O–H groups in total. The Morgan fingerprint density at radius 2 is 1.56 bits per heavy atom. The molecule has 0 rings (SSSR count). The maximum atomic E-state index is 5.77.